The molecule has 6 heteroatoms. The topological polar surface area (TPSA) is 85.1 Å². The molecule has 2 rings (SSSR count). The largest absolute Gasteiger partial charge is 0.396 e. The smallest absolute Gasteiger partial charge is 0.260 e. The second-order valence-electron chi connectivity index (χ2n) is 5.28. The van der Waals surface area contributed by atoms with Crippen LogP contribution in [0, 0.1) is 5.41 Å². The van der Waals surface area contributed by atoms with Gasteiger partial charge in [0.2, 0.25) is 0 Å². The van der Waals surface area contributed by atoms with E-state index in [1.807, 2.05) is 0 Å². The molecule has 0 aliphatic heterocycles. The van der Waals surface area contributed by atoms with Crippen molar-refractivity contribution in [3.63, 3.8) is 0 Å². The van der Waals surface area contributed by atoms with Crippen molar-refractivity contribution in [2.24, 2.45) is 5.41 Å². The summed E-state index contributed by atoms with van der Waals surface area (Å²) in [4.78, 5) is 3.87. The summed E-state index contributed by atoms with van der Waals surface area (Å²) in [5.74, 6) is 0. The summed E-state index contributed by atoms with van der Waals surface area (Å²) in [6.45, 7) is 2.59. The first-order valence-corrected chi connectivity index (χ1v) is 8.18. The molecule has 3 N–H and O–H groups in total. The highest BCUT2D eigenvalue weighted by atomic mass is 32.2. The quantitative estimate of drug-likeness (QED) is 0.864. The lowest BCUT2D eigenvalue weighted by Crippen LogP contribution is -2.36. The molecule has 0 spiro atoms. The number of anilines is 1. The number of nitrogen functional groups attached to an aromatic ring is 1. The molecule has 1 heterocycles. The minimum atomic E-state index is -3.61. The van der Waals surface area contributed by atoms with Crippen molar-refractivity contribution in [3.8, 4) is 0 Å². The number of pyridine rings is 1. The van der Waals surface area contributed by atoms with E-state index in [0.29, 0.717) is 6.54 Å². The van der Waals surface area contributed by atoms with Gasteiger partial charge in [-0.05, 0) is 36.8 Å². The van der Waals surface area contributed by atoms with Gasteiger partial charge in [0.15, 0.2) is 5.03 Å². The second-order valence-corrected chi connectivity index (χ2v) is 6.97. The molecule has 0 amide bonds. The summed E-state index contributed by atoms with van der Waals surface area (Å²) in [5.41, 5.74) is 5.97. The van der Waals surface area contributed by atoms with E-state index in [1.54, 1.807) is 12.1 Å². The van der Waals surface area contributed by atoms with Gasteiger partial charge >= 0.3 is 0 Å². The fourth-order valence-corrected chi connectivity index (χ4v) is 3.94. The van der Waals surface area contributed by atoms with Gasteiger partial charge in [0.05, 0.1) is 5.69 Å². The van der Waals surface area contributed by atoms with Gasteiger partial charge in [-0.25, -0.2) is 18.1 Å². The fourth-order valence-electron chi connectivity index (χ4n) is 2.72. The molecule has 1 aromatic rings. The minimum Gasteiger partial charge on any atom is -0.396 e. The van der Waals surface area contributed by atoms with Gasteiger partial charge in [0.25, 0.3) is 10.0 Å². The summed E-state index contributed by atoms with van der Waals surface area (Å²) in [6, 6.07) is 3.17. The number of hydrogen-bond acceptors (Lipinski definition) is 4. The van der Waals surface area contributed by atoms with E-state index in [0.717, 1.165) is 19.3 Å². The average Bonchev–Trinajstić information content (AvgIpc) is 2.86. The first-order valence-electron chi connectivity index (χ1n) is 6.69. The van der Waals surface area contributed by atoms with Gasteiger partial charge in [0, 0.05) is 12.7 Å². The molecule has 1 aromatic heterocycles. The van der Waals surface area contributed by atoms with E-state index >= 15 is 0 Å². The Bertz CT molecular complexity index is 537. The number of aromatic nitrogens is 1. The molecule has 106 valence electrons. The number of nitrogens with two attached hydrogens (primary N) is 1. The van der Waals surface area contributed by atoms with Crippen LogP contribution >= 0.6 is 0 Å². The monoisotopic (exact) mass is 283 g/mol. The second kappa shape index (κ2) is 5.46. The van der Waals surface area contributed by atoms with Gasteiger partial charge in [-0.15, -0.1) is 0 Å². The summed E-state index contributed by atoms with van der Waals surface area (Å²) in [6.07, 6.45) is 6.97. The normalized spacial score (nSPS) is 18.6. The van der Waals surface area contributed by atoms with E-state index in [4.69, 9.17) is 5.73 Å². The molecule has 5 nitrogen and oxygen atoms in total. The molecule has 1 aliphatic carbocycles. The molecular formula is C13H21N3O2S. The summed E-state index contributed by atoms with van der Waals surface area (Å²) < 4.78 is 27.1. The van der Waals surface area contributed by atoms with Gasteiger partial charge < -0.3 is 5.73 Å². The van der Waals surface area contributed by atoms with Crippen LogP contribution in [-0.4, -0.2) is 19.9 Å². The Morgan fingerprint density at radius 1 is 1.42 bits per heavy atom. The lowest BCUT2D eigenvalue weighted by molar-refractivity contribution is 0.285. The van der Waals surface area contributed by atoms with E-state index in [9.17, 15) is 8.42 Å². The lowest BCUT2D eigenvalue weighted by atomic mass is 9.84. The number of nitrogens with zero attached hydrogens (tertiary/aromatic N) is 1. The van der Waals surface area contributed by atoms with Crippen molar-refractivity contribution in [3.05, 3.63) is 18.3 Å². The maximum atomic E-state index is 12.2. The molecule has 0 bridgehead atoms. The van der Waals surface area contributed by atoms with Gasteiger partial charge in [-0.1, -0.05) is 19.8 Å². The van der Waals surface area contributed by atoms with Crippen molar-refractivity contribution in [1.82, 2.24) is 9.71 Å². The molecule has 0 radical (unpaired) electrons. The fraction of sp³-hybridized carbons (Fsp3) is 0.615. The molecule has 0 atom stereocenters. The summed E-state index contributed by atoms with van der Waals surface area (Å²) >= 11 is 0. The van der Waals surface area contributed by atoms with Crippen LogP contribution in [0.15, 0.2) is 23.4 Å². The zero-order chi connectivity index (χ0) is 13.9. The molecule has 19 heavy (non-hydrogen) atoms. The molecule has 1 saturated carbocycles. The SMILES string of the molecule is CCC1(CNS(=O)(=O)c2ncccc2N)CCCC1. The first-order chi connectivity index (χ1) is 8.99. The molecule has 1 fully saturated rings. The lowest BCUT2D eigenvalue weighted by Gasteiger charge is -2.27. The van der Waals surface area contributed by atoms with Crippen LogP contribution < -0.4 is 10.5 Å². The molecule has 1 aliphatic rings. The predicted molar refractivity (Wildman–Crippen MR) is 75.0 cm³/mol. The maximum absolute atomic E-state index is 12.2. The van der Waals surface area contributed by atoms with Crippen molar-refractivity contribution in [2.75, 3.05) is 12.3 Å². The van der Waals surface area contributed by atoms with Crippen LogP contribution in [0.4, 0.5) is 5.69 Å². The maximum Gasteiger partial charge on any atom is 0.260 e. The van der Waals surface area contributed by atoms with Gasteiger partial charge in [0.1, 0.15) is 0 Å². The Labute approximate surface area is 114 Å². The third-order valence-electron chi connectivity index (χ3n) is 4.11. The van der Waals surface area contributed by atoms with E-state index in [1.165, 1.54) is 19.0 Å². The van der Waals surface area contributed by atoms with Crippen LogP contribution in [0.5, 0.6) is 0 Å². The average molecular weight is 283 g/mol. The molecular weight excluding hydrogens is 262 g/mol. The Morgan fingerprint density at radius 3 is 2.68 bits per heavy atom. The van der Waals surface area contributed by atoms with Crippen molar-refractivity contribution >= 4 is 15.7 Å². The minimum absolute atomic E-state index is 0.0701. The zero-order valence-electron chi connectivity index (χ0n) is 11.2. The highest BCUT2D eigenvalue weighted by molar-refractivity contribution is 7.89. The highest BCUT2D eigenvalue weighted by Crippen LogP contribution is 2.40. The van der Waals surface area contributed by atoms with Crippen LogP contribution in [0.2, 0.25) is 0 Å². The number of nitrogens with one attached hydrogen (secondary N) is 1. The van der Waals surface area contributed by atoms with Crippen molar-refractivity contribution < 1.29 is 8.42 Å². The standard InChI is InChI=1S/C13H21N3O2S/c1-2-13(7-3-4-8-13)10-16-19(17,18)12-11(14)6-5-9-15-12/h5-6,9,16H,2-4,7-8,10,14H2,1H3. The Morgan fingerprint density at radius 2 is 2.11 bits per heavy atom. The third-order valence-corrected chi connectivity index (χ3v) is 5.48. The number of rotatable bonds is 5. The Hall–Kier alpha value is -1.14. The Balaban J connectivity index is 2.12. The number of hydrogen-bond donors (Lipinski definition) is 2. The summed E-state index contributed by atoms with van der Waals surface area (Å²) in [7, 11) is -3.61. The first kappa shape index (κ1) is 14.3. The molecule has 0 saturated heterocycles. The van der Waals surface area contributed by atoms with Crippen LogP contribution in [0.1, 0.15) is 39.0 Å². The zero-order valence-corrected chi connectivity index (χ0v) is 12.0. The predicted octanol–water partition coefficient (Wildman–Crippen LogP) is 1.91. The Kier molecular flexibility index (Phi) is 4.10. The van der Waals surface area contributed by atoms with E-state index in [2.05, 4.69) is 16.6 Å². The molecule has 0 unspecified atom stereocenters. The highest BCUT2D eigenvalue weighted by Gasteiger charge is 2.33. The third kappa shape index (κ3) is 3.06. The van der Waals surface area contributed by atoms with Crippen LogP contribution in [0.3, 0.4) is 0 Å². The van der Waals surface area contributed by atoms with Crippen molar-refractivity contribution in [1.29, 1.82) is 0 Å². The van der Waals surface area contributed by atoms with Crippen LogP contribution in [0.25, 0.3) is 0 Å². The van der Waals surface area contributed by atoms with Gasteiger partial charge in [-0.2, -0.15) is 0 Å². The molecule has 0 aromatic carbocycles. The number of sulfonamides is 1. The van der Waals surface area contributed by atoms with Crippen molar-refractivity contribution in [2.45, 2.75) is 44.1 Å². The van der Waals surface area contributed by atoms with E-state index < -0.39 is 10.0 Å². The van der Waals surface area contributed by atoms with Gasteiger partial charge in [-0.3, -0.25) is 0 Å². The summed E-state index contributed by atoms with van der Waals surface area (Å²) in [5, 5.41) is -0.0701. The van der Waals surface area contributed by atoms with Crippen LogP contribution in [-0.2, 0) is 10.0 Å². The van der Waals surface area contributed by atoms with E-state index in [-0.39, 0.29) is 16.1 Å².